The number of benzene rings is 1. The first-order valence-electron chi connectivity index (χ1n) is 5.36. The molecule has 0 unspecified atom stereocenters. The van der Waals surface area contributed by atoms with Gasteiger partial charge in [-0.15, -0.1) is 10.2 Å². The summed E-state index contributed by atoms with van der Waals surface area (Å²) in [7, 11) is 0. The van der Waals surface area contributed by atoms with E-state index in [1.807, 2.05) is 38.1 Å². The van der Waals surface area contributed by atoms with Crippen LogP contribution >= 0.6 is 15.9 Å². The minimum Gasteiger partial charge on any atom is -0.483 e. The van der Waals surface area contributed by atoms with E-state index in [1.165, 1.54) is 0 Å². The van der Waals surface area contributed by atoms with Gasteiger partial charge in [0.1, 0.15) is 5.75 Å². The van der Waals surface area contributed by atoms with Crippen molar-refractivity contribution in [3.05, 3.63) is 40.5 Å². The Balaban J connectivity index is 2.00. The summed E-state index contributed by atoms with van der Waals surface area (Å²) in [6, 6.07) is 7.64. The van der Waals surface area contributed by atoms with Gasteiger partial charge < -0.3 is 9.15 Å². The SMILES string of the molecule is CC(C)c1nnc(COc2ccccc2Br)o1. The largest absolute Gasteiger partial charge is 0.483 e. The Morgan fingerprint density at radius 2 is 2.06 bits per heavy atom. The third-order valence-corrected chi connectivity index (χ3v) is 2.82. The number of hydrogen-bond donors (Lipinski definition) is 0. The molecule has 1 aromatic carbocycles. The van der Waals surface area contributed by atoms with Crippen molar-refractivity contribution in [1.29, 1.82) is 0 Å². The topological polar surface area (TPSA) is 48.2 Å². The number of aromatic nitrogens is 2. The molecule has 0 spiro atoms. The minimum absolute atomic E-state index is 0.236. The van der Waals surface area contributed by atoms with Crippen molar-refractivity contribution >= 4 is 15.9 Å². The molecule has 0 aliphatic rings. The predicted octanol–water partition coefficient (Wildman–Crippen LogP) is 3.53. The van der Waals surface area contributed by atoms with Crippen molar-refractivity contribution in [1.82, 2.24) is 10.2 Å². The molecule has 2 rings (SSSR count). The first-order chi connectivity index (χ1) is 8.16. The second-order valence-corrected chi connectivity index (χ2v) is 4.76. The van der Waals surface area contributed by atoms with Gasteiger partial charge in [-0.1, -0.05) is 26.0 Å². The molecule has 0 atom stereocenters. The van der Waals surface area contributed by atoms with Crippen molar-refractivity contribution in [3.63, 3.8) is 0 Å². The Morgan fingerprint density at radius 1 is 1.29 bits per heavy atom. The van der Waals surface area contributed by atoms with Gasteiger partial charge in [-0.3, -0.25) is 0 Å². The van der Waals surface area contributed by atoms with Crippen LogP contribution in [-0.4, -0.2) is 10.2 Å². The third kappa shape index (κ3) is 3.06. The molecule has 0 aliphatic carbocycles. The highest BCUT2D eigenvalue weighted by Gasteiger charge is 2.10. The third-order valence-electron chi connectivity index (χ3n) is 2.16. The van der Waals surface area contributed by atoms with Crippen molar-refractivity contribution in [2.24, 2.45) is 0 Å². The maximum Gasteiger partial charge on any atom is 0.253 e. The maximum atomic E-state index is 5.57. The van der Waals surface area contributed by atoms with Crippen LogP contribution in [-0.2, 0) is 6.61 Å². The normalized spacial score (nSPS) is 10.8. The first kappa shape index (κ1) is 12.1. The van der Waals surface area contributed by atoms with Crippen LogP contribution in [0.5, 0.6) is 5.75 Å². The molecule has 0 saturated carbocycles. The van der Waals surface area contributed by atoms with E-state index in [4.69, 9.17) is 9.15 Å². The van der Waals surface area contributed by atoms with Crippen LogP contribution in [0.1, 0.15) is 31.5 Å². The van der Waals surface area contributed by atoms with E-state index in [-0.39, 0.29) is 12.5 Å². The van der Waals surface area contributed by atoms with Crippen LogP contribution < -0.4 is 4.74 Å². The monoisotopic (exact) mass is 296 g/mol. The molecule has 1 heterocycles. The summed E-state index contributed by atoms with van der Waals surface area (Å²) in [6.45, 7) is 4.29. The van der Waals surface area contributed by atoms with Gasteiger partial charge in [0.15, 0.2) is 6.61 Å². The fourth-order valence-electron chi connectivity index (χ4n) is 1.26. The highest BCUT2D eigenvalue weighted by Crippen LogP contribution is 2.24. The van der Waals surface area contributed by atoms with E-state index in [0.29, 0.717) is 11.8 Å². The van der Waals surface area contributed by atoms with E-state index in [1.54, 1.807) is 0 Å². The van der Waals surface area contributed by atoms with E-state index >= 15 is 0 Å². The quantitative estimate of drug-likeness (QED) is 0.866. The Bertz CT molecular complexity index is 497. The predicted molar refractivity (Wildman–Crippen MR) is 66.9 cm³/mol. The molecule has 17 heavy (non-hydrogen) atoms. The molecule has 0 radical (unpaired) electrons. The maximum absolute atomic E-state index is 5.57. The Kier molecular flexibility index (Phi) is 3.78. The standard InChI is InChI=1S/C12H13BrN2O2/c1-8(2)12-15-14-11(17-12)7-16-10-6-4-3-5-9(10)13/h3-6,8H,7H2,1-2H3. The summed E-state index contributed by atoms with van der Waals surface area (Å²) in [6.07, 6.45) is 0. The number of ether oxygens (including phenoxy) is 1. The molecule has 4 nitrogen and oxygen atoms in total. The van der Waals surface area contributed by atoms with Crippen LogP contribution in [0, 0.1) is 0 Å². The lowest BCUT2D eigenvalue weighted by Gasteiger charge is -2.04. The van der Waals surface area contributed by atoms with E-state index in [2.05, 4.69) is 26.1 Å². The van der Waals surface area contributed by atoms with Crippen LogP contribution in [0.25, 0.3) is 0 Å². The molecule has 0 saturated heterocycles. The fourth-order valence-corrected chi connectivity index (χ4v) is 1.66. The van der Waals surface area contributed by atoms with E-state index in [0.717, 1.165) is 10.2 Å². The molecule has 2 aromatic rings. The van der Waals surface area contributed by atoms with Crippen molar-refractivity contribution in [2.45, 2.75) is 26.4 Å². The Labute approximate surface area is 108 Å². The smallest absolute Gasteiger partial charge is 0.253 e. The molecule has 0 bridgehead atoms. The number of para-hydroxylation sites is 1. The molecule has 0 aliphatic heterocycles. The summed E-state index contributed by atoms with van der Waals surface area (Å²) in [5.74, 6) is 2.12. The van der Waals surface area contributed by atoms with E-state index in [9.17, 15) is 0 Å². The minimum atomic E-state index is 0.236. The van der Waals surface area contributed by atoms with Crippen LogP contribution in [0.2, 0.25) is 0 Å². The summed E-state index contributed by atoms with van der Waals surface area (Å²) in [5, 5.41) is 7.87. The fraction of sp³-hybridized carbons (Fsp3) is 0.333. The molecule has 1 aromatic heterocycles. The van der Waals surface area contributed by atoms with Gasteiger partial charge >= 0.3 is 0 Å². The lowest BCUT2D eigenvalue weighted by atomic mass is 10.2. The summed E-state index contributed by atoms with van der Waals surface area (Å²) >= 11 is 3.41. The van der Waals surface area contributed by atoms with Gasteiger partial charge in [0.05, 0.1) is 4.47 Å². The molecule has 0 fully saturated rings. The molecule has 0 N–H and O–H groups in total. The Morgan fingerprint density at radius 3 is 2.71 bits per heavy atom. The molecule has 5 heteroatoms. The van der Waals surface area contributed by atoms with E-state index < -0.39 is 0 Å². The number of hydrogen-bond acceptors (Lipinski definition) is 4. The van der Waals surface area contributed by atoms with Gasteiger partial charge in [0, 0.05) is 5.92 Å². The van der Waals surface area contributed by atoms with Gasteiger partial charge in [-0.05, 0) is 28.1 Å². The highest BCUT2D eigenvalue weighted by atomic mass is 79.9. The van der Waals surface area contributed by atoms with Gasteiger partial charge in [-0.2, -0.15) is 0 Å². The molecule has 0 amide bonds. The zero-order chi connectivity index (χ0) is 12.3. The van der Waals surface area contributed by atoms with Gasteiger partial charge in [0.2, 0.25) is 5.89 Å². The lowest BCUT2D eigenvalue weighted by Crippen LogP contribution is -1.96. The van der Waals surface area contributed by atoms with Crippen LogP contribution in [0.15, 0.2) is 33.2 Å². The van der Waals surface area contributed by atoms with Crippen molar-refractivity contribution in [3.8, 4) is 5.75 Å². The number of nitrogens with zero attached hydrogens (tertiary/aromatic N) is 2. The van der Waals surface area contributed by atoms with Gasteiger partial charge in [-0.25, -0.2) is 0 Å². The molecular weight excluding hydrogens is 284 g/mol. The highest BCUT2D eigenvalue weighted by molar-refractivity contribution is 9.10. The second-order valence-electron chi connectivity index (χ2n) is 3.91. The number of rotatable bonds is 4. The van der Waals surface area contributed by atoms with Crippen molar-refractivity contribution in [2.75, 3.05) is 0 Å². The molecular formula is C12H13BrN2O2. The molecule has 90 valence electrons. The summed E-state index contributed by atoms with van der Waals surface area (Å²) < 4.78 is 11.9. The first-order valence-corrected chi connectivity index (χ1v) is 6.15. The van der Waals surface area contributed by atoms with Gasteiger partial charge in [0.25, 0.3) is 5.89 Å². The average Bonchev–Trinajstić information content (AvgIpc) is 2.77. The zero-order valence-corrected chi connectivity index (χ0v) is 11.3. The Hall–Kier alpha value is -1.36. The van der Waals surface area contributed by atoms with Crippen LogP contribution in [0.4, 0.5) is 0 Å². The average molecular weight is 297 g/mol. The summed E-state index contributed by atoms with van der Waals surface area (Å²) in [4.78, 5) is 0. The zero-order valence-electron chi connectivity index (χ0n) is 9.68. The van der Waals surface area contributed by atoms with Crippen molar-refractivity contribution < 1.29 is 9.15 Å². The van der Waals surface area contributed by atoms with Crippen LogP contribution in [0.3, 0.4) is 0 Å². The lowest BCUT2D eigenvalue weighted by molar-refractivity contribution is 0.256. The second kappa shape index (κ2) is 5.31. The number of halogens is 1. The summed E-state index contributed by atoms with van der Waals surface area (Å²) in [5.41, 5.74) is 0.